The molecule has 8 heteroatoms. The van der Waals surface area contributed by atoms with E-state index in [-0.39, 0.29) is 19.0 Å². The molecule has 2 atom stereocenters. The van der Waals surface area contributed by atoms with E-state index in [4.69, 9.17) is 5.11 Å². The van der Waals surface area contributed by atoms with Crippen molar-refractivity contribution in [2.24, 2.45) is 11.8 Å². The molecule has 21 heavy (non-hydrogen) atoms. The Kier molecular flexibility index (Phi) is 6.29. The molecule has 122 valence electrons. The molecule has 2 N–H and O–H groups in total. The number of carbonyl (C=O) groups is 2. The van der Waals surface area contributed by atoms with E-state index in [2.05, 4.69) is 5.32 Å². The Labute approximate surface area is 121 Å². The zero-order chi connectivity index (χ0) is 16.0. The molecule has 1 rings (SSSR count). The van der Waals surface area contributed by atoms with Crippen molar-refractivity contribution < 1.29 is 27.9 Å². The van der Waals surface area contributed by atoms with Gasteiger partial charge in [0.25, 0.3) is 0 Å². The largest absolute Gasteiger partial charge is 0.481 e. The van der Waals surface area contributed by atoms with Crippen LogP contribution >= 0.6 is 0 Å². The van der Waals surface area contributed by atoms with Gasteiger partial charge in [0.05, 0.1) is 5.92 Å². The smallest absolute Gasteiger partial charge is 0.406 e. The lowest BCUT2D eigenvalue weighted by molar-refractivity contribution is -0.144. The monoisotopic (exact) mass is 310 g/mol. The van der Waals surface area contributed by atoms with Crippen LogP contribution in [0.5, 0.6) is 0 Å². The maximum atomic E-state index is 12.3. The van der Waals surface area contributed by atoms with Gasteiger partial charge in [-0.25, -0.2) is 4.79 Å². The SMILES string of the molecule is CCN(CC(F)(F)F)C(=O)NCC1CCCCC1C(=O)O. The first-order valence-electron chi connectivity index (χ1n) is 7.07. The van der Waals surface area contributed by atoms with Crippen LogP contribution < -0.4 is 5.32 Å². The van der Waals surface area contributed by atoms with Crippen molar-refractivity contribution in [3.63, 3.8) is 0 Å². The molecule has 0 heterocycles. The van der Waals surface area contributed by atoms with Gasteiger partial charge in [-0.1, -0.05) is 12.8 Å². The summed E-state index contributed by atoms with van der Waals surface area (Å²) in [6.07, 6.45) is -1.51. The summed E-state index contributed by atoms with van der Waals surface area (Å²) in [6.45, 7) is 0.205. The van der Waals surface area contributed by atoms with Crippen molar-refractivity contribution >= 4 is 12.0 Å². The molecule has 0 radical (unpaired) electrons. The Morgan fingerprint density at radius 1 is 1.29 bits per heavy atom. The van der Waals surface area contributed by atoms with E-state index in [0.29, 0.717) is 17.7 Å². The summed E-state index contributed by atoms with van der Waals surface area (Å²) >= 11 is 0. The molecular weight excluding hydrogens is 289 g/mol. The van der Waals surface area contributed by atoms with Gasteiger partial charge in [0.15, 0.2) is 0 Å². The third-order valence-corrected chi connectivity index (χ3v) is 3.78. The minimum absolute atomic E-state index is 0.0572. The summed E-state index contributed by atoms with van der Waals surface area (Å²) in [7, 11) is 0. The van der Waals surface area contributed by atoms with E-state index >= 15 is 0 Å². The number of hydrogen-bond donors (Lipinski definition) is 2. The lowest BCUT2D eigenvalue weighted by atomic mass is 9.79. The van der Waals surface area contributed by atoms with Crippen LogP contribution in [0.15, 0.2) is 0 Å². The number of carboxylic acid groups (broad SMARTS) is 1. The lowest BCUT2D eigenvalue weighted by Crippen LogP contribution is -2.47. The number of alkyl halides is 3. The maximum Gasteiger partial charge on any atom is 0.406 e. The van der Waals surface area contributed by atoms with Gasteiger partial charge in [-0.2, -0.15) is 13.2 Å². The second kappa shape index (κ2) is 7.51. The van der Waals surface area contributed by atoms with E-state index in [9.17, 15) is 22.8 Å². The van der Waals surface area contributed by atoms with E-state index in [1.54, 1.807) is 0 Å². The summed E-state index contributed by atoms with van der Waals surface area (Å²) in [5.74, 6) is -1.65. The fraction of sp³-hybridized carbons (Fsp3) is 0.846. The molecule has 1 fully saturated rings. The molecule has 2 unspecified atom stereocenters. The Morgan fingerprint density at radius 2 is 1.90 bits per heavy atom. The molecule has 0 bridgehead atoms. The summed E-state index contributed by atoms with van der Waals surface area (Å²) < 4.78 is 36.9. The van der Waals surface area contributed by atoms with Crippen molar-refractivity contribution in [1.82, 2.24) is 10.2 Å². The van der Waals surface area contributed by atoms with Crippen LogP contribution in [0.3, 0.4) is 0 Å². The molecular formula is C13H21F3N2O3. The standard InChI is InChI=1S/C13H21F3N2O3/c1-2-18(8-13(14,15)16)12(21)17-7-9-5-3-4-6-10(9)11(19)20/h9-10H,2-8H2,1H3,(H,17,21)(H,19,20). The van der Waals surface area contributed by atoms with E-state index < -0.39 is 30.6 Å². The van der Waals surface area contributed by atoms with Crippen molar-refractivity contribution in [2.75, 3.05) is 19.6 Å². The number of amides is 2. The van der Waals surface area contributed by atoms with Gasteiger partial charge in [-0.05, 0) is 25.7 Å². The number of nitrogens with one attached hydrogen (secondary N) is 1. The van der Waals surface area contributed by atoms with Gasteiger partial charge in [0, 0.05) is 13.1 Å². The number of halogens is 3. The molecule has 0 aromatic heterocycles. The first-order chi connectivity index (χ1) is 9.74. The van der Waals surface area contributed by atoms with Gasteiger partial charge in [0.2, 0.25) is 0 Å². The van der Waals surface area contributed by atoms with Crippen LogP contribution in [-0.2, 0) is 4.79 Å². The molecule has 0 aromatic carbocycles. The third-order valence-electron chi connectivity index (χ3n) is 3.78. The third kappa shape index (κ3) is 5.81. The van der Waals surface area contributed by atoms with Crippen molar-refractivity contribution in [1.29, 1.82) is 0 Å². The van der Waals surface area contributed by atoms with Crippen molar-refractivity contribution in [3.05, 3.63) is 0 Å². The van der Waals surface area contributed by atoms with Gasteiger partial charge >= 0.3 is 18.2 Å². The Hall–Kier alpha value is -1.47. The highest BCUT2D eigenvalue weighted by Crippen LogP contribution is 2.29. The highest BCUT2D eigenvalue weighted by molar-refractivity contribution is 5.74. The van der Waals surface area contributed by atoms with E-state index in [1.165, 1.54) is 6.92 Å². The minimum Gasteiger partial charge on any atom is -0.481 e. The van der Waals surface area contributed by atoms with Gasteiger partial charge in [-0.3, -0.25) is 4.79 Å². The molecule has 0 aromatic rings. The zero-order valence-corrected chi connectivity index (χ0v) is 11.9. The molecule has 5 nitrogen and oxygen atoms in total. The fourth-order valence-corrected chi connectivity index (χ4v) is 2.65. The first kappa shape index (κ1) is 17.6. The minimum atomic E-state index is -4.44. The highest BCUT2D eigenvalue weighted by atomic mass is 19.4. The topological polar surface area (TPSA) is 69.6 Å². The van der Waals surface area contributed by atoms with Crippen LogP contribution in [0.4, 0.5) is 18.0 Å². The number of carbonyl (C=O) groups excluding carboxylic acids is 1. The van der Waals surface area contributed by atoms with Gasteiger partial charge in [0.1, 0.15) is 6.54 Å². The van der Waals surface area contributed by atoms with E-state index in [0.717, 1.165) is 12.8 Å². The first-order valence-corrected chi connectivity index (χ1v) is 7.07. The number of rotatable bonds is 5. The summed E-state index contributed by atoms with van der Waals surface area (Å²) in [4.78, 5) is 23.5. The maximum absolute atomic E-state index is 12.3. The van der Waals surface area contributed by atoms with Crippen LogP contribution in [0.25, 0.3) is 0 Å². The number of aliphatic carboxylic acids is 1. The Balaban J connectivity index is 2.51. The Bertz CT molecular complexity index is 374. The van der Waals surface area contributed by atoms with Crippen LogP contribution in [0.1, 0.15) is 32.6 Å². The summed E-state index contributed by atoms with van der Waals surface area (Å²) in [5, 5.41) is 11.5. The van der Waals surface area contributed by atoms with Crippen LogP contribution in [0.2, 0.25) is 0 Å². The molecule has 1 aliphatic carbocycles. The molecule has 0 spiro atoms. The summed E-state index contributed by atoms with van der Waals surface area (Å²) in [5.41, 5.74) is 0. The van der Waals surface area contributed by atoms with Crippen molar-refractivity contribution in [3.8, 4) is 0 Å². The average molecular weight is 310 g/mol. The summed E-state index contributed by atoms with van der Waals surface area (Å²) in [6, 6.07) is -0.801. The Morgan fingerprint density at radius 3 is 2.43 bits per heavy atom. The molecule has 1 aliphatic rings. The predicted octanol–water partition coefficient (Wildman–Crippen LogP) is 2.47. The number of hydrogen-bond acceptors (Lipinski definition) is 2. The number of carboxylic acids is 1. The molecule has 2 amide bonds. The number of urea groups is 1. The van der Waals surface area contributed by atoms with E-state index in [1.807, 2.05) is 0 Å². The average Bonchev–Trinajstić information content (AvgIpc) is 2.41. The number of nitrogens with zero attached hydrogens (tertiary/aromatic N) is 1. The molecule has 0 saturated heterocycles. The van der Waals surface area contributed by atoms with Crippen molar-refractivity contribution in [2.45, 2.75) is 38.8 Å². The quantitative estimate of drug-likeness (QED) is 0.819. The normalized spacial score (nSPS) is 22.7. The predicted molar refractivity (Wildman–Crippen MR) is 69.8 cm³/mol. The zero-order valence-electron chi connectivity index (χ0n) is 11.9. The fourth-order valence-electron chi connectivity index (χ4n) is 2.65. The highest BCUT2D eigenvalue weighted by Gasteiger charge is 2.34. The molecule has 0 aliphatic heterocycles. The van der Waals surface area contributed by atoms with Gasteiger partial charge in [-0.15, -0.1) is 0 Å². The van der Waals surface area contributed by atoms with Gasteiger partial charge < -0.3 is 15.3 Å². The van der Waals surface area contributed by atoms with Crippen LogP contribution in [0, 0.1) is 11.8 Å². The van der Waals surface area contributed by atoms with Crippen LogP contribution in [-0.4, -0.2) is 47.8 Å². The lowest BCUT2D eigenvalue weighted by Gasteiger charge is -2.30. The molecule has 1 saturated carbocycles. The second-order valence-corrected chi connectivity index (χ2v) is 5.30. The second-order valence-electron chi connectivity index (χ2n) is 5.30.